The molecule has 0 bridgehead atoms. The van der Waals surface area contributed by atoms with Crippen LogP contribution in [0, 0.1) is 0 Å². The SMILES string of the molecule is CC(C)NC1CCCN(C2CC=CCC2)C1=O. The van der Waals surface area contributed by atoms with Gasteiger partial charge in [-0.3, -0.25) is 4.79 Å². The summed E-state index contributed by atoms with van der Waals surface area (Å²) in [4.78, 5) is 14.5. The largest absolute Gasteiger partial charge is 0.338 e. The van der Waals surface area contributed by atoms with Crippen LogP contribution in [0.15, 0.2) is 12.2 Å². The highest BCUT2D eigenvalue weighted by molar-refractivity contribution is 5.83. The first kappa shape index (κ1) is 12.6. The maximum Gasteiger partial charge on any atom is 0.239 e. The van der Waals surface area contributed by atoms with E-state index in [1.807, 2.05) is 0 Å². The van der Waals surface area contributed by atoms with E-state index in [0.717, 1.165) is 38.6 Å². The van der Waals surface area contributed by atoms with Gasteiger partial charge in [0.15, 0.2) is 0 Å². The maximum atomic E-state index is 12.4. The molecular weight excluding hydrogens is 212 g/mol. The molecule has 2 atom stereocenters. The molecule has 0 aromatic rings. The Morgan fingerprint density at radius 2 is 2.18 bits per heavy atom. The highest BCUT2D eigenvalue weighted by Crippen LogP contribution is 2.22. The quantitative estimate of drug-likeness (QED) is 0.761. The number of piperidine rings is 1. The van der Waals surface area contributed by atoms with Gasteiger partial charge >= 0.3 is 0 Å². The fourth-order valence-corrected chi connectivity index (χ4v) is 2.88. The third-order valence-electron chi connectivity index (χ3n) is 3.69. The van der Waals surface area contributed by atoms with Gasteiger partial charge in [0.05, 0.1) is 6.04 Å². The minimum absolute atomic E-state index is 0.0506. The number of amides is 1. The van der Waals surface area contributed by atoms with Gasteiger partial charge in [-0.15, -0.1) is 0 Å². The molecule has 96 valence electrons. The summed E-state index contributed by atoms with van der Waals surface area (Å²) < 4.78 is 0. The van der Waals surface area contributed by atoms with Crippen molar-refractivity contribution in [3.8, 4) is 0 Å². The number of nitrogens with zero attached hydrogens (tertiary/aromatic N) is 1. The van der Waals surface area contributed by atoms with Gasteiger partial charge in [-0.2, -0.15) is 0 Å². The molecule has 2 aliphatic rings. The van der Waals surface area contributed by atoms with Gasteiger partial charge in [0, 0.05) is 18.6 Å². The first-order chi connectivity index (χ1) is 8.18. The molecule has 1 amide bonds. The lowest BCUT2D eigenvalue weighted by Crippen LogP contribution is -2.55. The van der Waals surface area contributed by atoms with E-state index in [2.05, 4.69) is 36.2 Å². The standard InChI is InChI=1S/C14H24N2O/c1-11(2)15-13-9-6-10-16(14(13)17)12-7-4-3-5-8-12/h3-4,11-13,15H,5-10H2,1-2H3. The summed E-state index contributed by atoms with van der Waals surface area (Å²) in [5.74, 6) is 0.324. The van der Waals surface area contributed by atoms with Crippen LogP contribution in [0.3, 0.4) is 0 Å². The lowest BCUT2D eigenvalue weighted by atomic mass is 9.95. The summed E-state index contributed by atoms with van der Waals surface area (Å²) in [6.07, 6.45) is 9.88. The van der Waals surface area contributed by atoms with Crippen molar-refractivity contribution >= 4 is 5.91 Å². The molecule has 1 aliphatic carbocycles. The molecule has 1 heterocycles. The van der Waals surface area contributed by atoms with E-state index in [-0.39, 0.29) is 6.04 Å². The molecule has 1 fully saturated rings. The number of hydrogen-bond acceptors (Lipinski definition) is 2. The molecule has 2 rings (SSSR count). The number of carbonyl (C=O) groups is 1. The highest BCUT2D eigenvalue weighted by atomic mass is 16.2. The van der Waals surface area contributed by atoms with Gasteiger partial charge in [-0.1, -0.05) is 26.0 Å². The predicted octanol–water partition coefficient (Wildman–Crippen LogP) is 2.08. The topological polar surface area (TPSA) is 32.3 Å². The van der Waals surface area contributed by atoms with Gasteiger partial charge in [0.25, 0.3) is 0 Å². The molecule has 2 unspecified atom stereocenters. The predicted molar refractivity (Wildman–Crippen MR) is 69.8 cm³/mol. The van der Waals surface area contributed by atoms with Crippen LogP contribution in [-0.4, -0.2) is 35.5 Å². The van der Waals surface area contributed by atoms with Crippen molar-refractivity contribution in [2.45, 2.75) is 64.1 Å². The van der Waals surface area contributed by atoms with Crippen LogP contribution >= 0.6 is 0 Å². The molecule has 3 heteroatoms. The molecule has 0 aromatic carbocycles. The molecular formula is C14H24N2O. The normalized spacial score (nSPS) is 30.1. The average Bonchev–Trinajstić information content (AvgIpc) is 2.32. The summed E-state index contributed by atoms with van der Waals surface area (Å²) in [5.41, 5.74) is 0. The first-order valence-corrected chi connectivity index (χ1v) is 6.90. The van der Waals surface area contributed by atoms with Gasteiger partial charge in [0.1, 0.15) is 0 Å². The summed E-state index contributed by atoms with van der Waals surface area (Å²) in [7, 11) is 0. The molecule has 0 radical (unpaired) electrons. The molecule has 0 saturated carbocycles. The fourth-order valence-electron chi connectivity index (χ4n) is 2.88. The molecule has 1 N–H and O–H groups in total. The van der Waals surface area contributed by atoms with Gasteiger partial charge in [-0.25, -0.2) is 0 Å². The van der Waals surface area contributed by atoms with E-state index < -0.39 is 0 Å². The monoisotopic (exact) mass is 236 g/mol. The van der Waals surface area contributed by atoms with Gasteiger partial charge in [-0.05, 0) is 32.1 Å². The molecule has 1 aliphatic heterocycles. The molecule has 0 spiro atoms. The number of carbonyl (C=O) groups excluding carboxylic acids is 1. The van der Waals surface area contributed by atoms with Crippen LogP contribution < -0.4 is 5.32 Å². The molecule has 3 nitrogen and oxygen atoms in total. The zero-order valence-electron chi connectivity index (χ0n) is 11.0. The Morgan fingerprint density at radius 1 is 1.35 bits per heavy atom. The van der Waals surface area contributed by atoms with Crippen LogP contribution in [0.2, 0.25) is 0 Å². The number of hydrogen-bond donors (Lipinski definition) is 1. The van der Waals surface area contributed by atoms with Crippen molar-refractivity contribution in [1.29, 1.82) is 0 Å². The smallest absolute Gasteiger partial charge is 0.239 e. The van der Waals surface area contributed by atoms with Crippen molar-refractivity contribution < 1.29 is 4.79 Å². The second-order valence-corrected chi connectivity index (χ2v) is 5.49. The number of nitrogens with one attached hydrogen (secondary N) is 1. The van der Waals surface area contributed by atoms with Crippen molar-refractivity contribution in [1.82, 2.24) is 10.2 Å². The van der Waals surface area contributed by atoms with E-state index in [1.54, 1.807) is 0 Å². The van der Waals surface area contributed by atoms with Crippen LogP contribution in [0.4, 0.5) is 0 Å². The number of likely N-dealkylation sites (tertiary alicyclic amines) is 1. The van der Waals surface area contributed by atoms with Crippen molar-refractivity contribution in [3.63, 3.8) is 0 Å². The summed E-state index contributed by atoms with van der Waals surface area (Å²) >= 11 is 0. The second-order valence-electron chi connectivity index (χ2n) is 5.49. The average molecular weight is 236 g/mol. The van der Waals surface area contributed by atoms with Crippen molar-refractivity contribution in [2.75, 3.05) is 6.54 Å². The number of rotatable bonds is 3. The minimum Gasteiger partial charge on any atom is -0.338 e. The minimum atomic E-state index is 0.0506. The second kappa shape index (κ2) is 5.67. The van der Waals surface area contributed by atoms with Gasteiger partial charge < -0.3 is 10.2 Å². The Labute approximate surface area is 104 Å². The van der Waals surface area contributed by atoms with Crippen LogP contribution in [0.25, 0.3) is 0 Å². The highest BCUT2D eigenvalue weighted by Gasteiger charge is 2.32. The zero-order chi connectivity index (χ0) is 12.3. The first-order valence-electron chi connectivity index (χ1n) is 6.90. The Balaban J connectivity index is 1.97. The third-order valence-corrected chi connectivity index (χ3v) is 3.69. The molecule has 17 heavy (non-hydrogen) atoms. The fraction of sp³-hybridized carbons (Fsp3) is 0.786. The summed E-state index contributed by atoms with van der Waals surface area (Å²) in [6.45, 7) is 5.17. The van der Waals surface area contributed by atoms with E-state index in [1.165, 1.54) is 0 Å². The lowest BCUT2D eigenvalue weighted by molar-refractivity contribution is -0.138. The third kappa shape index (κ3) is 3.09. The van der Waals surface area contributed by atoms with E-state index in [9.17, 15) is 4.79 Å². The van der Waals surface area contributed by atoms with Crippen molar-refractivity contribution in [3.05, 3.63) is 12.2 Å². The lowest BCUT2D eigenvalue weighted by Gasteiger charge is -2.39. The zero-order valence-corrected chi connectivity index (χ0v) is 11.0. The Hall–Kier alpha value is -0.830. The van der Waals surface area contributed by atoms with Gasteiger partial charge in [0.2, 0.25) is 5.91 Å². The maximum absolute atomic E-state index is 12.4. The Kier molecular flexibility index (Phi) is 4.21. The Morgan fingerprint density at radius 3 is 2.82 bits per heavy atom. The van der Waals surface area contributed by atoms with E-state index >= 15 is 0 Å². The van der Waals surface area contributed by atoms with Crippen molar-refractivity contribution in [2.24, 2.45) is 0 Å². The molecule has 0 aromatic heterocycles. The van der Waals surface area contributed by atoms with E-state index in [0.29, 0.717) is 18.0 Å². The molecule has 1 saturated heterocycles. The van der Waals surface area contributed by atoms with Crippen LogP contribution in [0.1, 0.15) is 46.0 Å². The van der Waals surface area contributed by atoms with Crippen LogP contribution in [-0.2, 0) is 4.79 Å². The number of allylic oxidation sites excluding steroid dienone is 1. The summed E-state index contributed by atoms with van der Waals surface area (Å²) in [6, 6.07) is 0.883. The summed E-state index contributed by atoms with van der Waals surface area (Å²) in [5, 5.41) is 3.39. The Bertz CT molecular complexity index is 299. The van der Waals surface area contributed by atoms with E-state index in [4.69, 9.17) is 0 Å². The van der Waals surface area contributed by atoms with Crippen LogP contribution in [0.5, 0.6) is 0 Å².